The molecular weight excluding hydrogens is 354 g/mol. The number of halogens is 1. The Labute approximate surface area is 157 Å². The zero-order chi connectivity index (χ0) is 17.6. The van der Waals surface area contributed by atoms with Gasteiger partial charge in [-0.15, -0.1) is 12.4 Å². The molecule has 2 aromatic carbocycles. The lowest BCUT2D eigenvalue weighted by molar-refractivity contribution is -0.114. The monoisotopic (exact) mass is 373 g/mol. The number of carbonyl (C=O) groups is 1. The molecule has 0 saturated carbocycles. The zero-order valence-electron chi connectivity index (χ0n) is 14.2. The quantitative estimate of drug-likeness (QED) is 0.529. The molecule has 7 nitrogen and oxygen atoms in total. The normalized spacial score (nSPS) is 10.1. The molecule has 0 spiro atoms. The van der Waals surface area contributed by atoms with Gasteiger partial charge in [0.1, 0.15) is 5.82 Å². The topological polar surface area (TPSA) is 99.2 Å². The molecule has 0 unspecified atom stereocenters. The fourth-order valence-electron chi connectivity index (χ4n) is 2.45. The smallest absolute Gasteiger partial charge is 0.229 e. The molecular formula is C18H20ClN5O2. The standard InChI is InChI=1S/C18H19N5O2.ClH/c1-12(25)20-13-5-4-6-14(11-13)21-18-22-16-8-3-2-7-15(16)17(23-18)19-9-10-24;/h2-8,11,24H,9-10H2,1H3,(H,20,25)(H2,19,21,22,23);1H. The van der Waals surface area contributed by atoms with Crippen molar-refractivity contribution in [2.24, 2.45) is 0 Å². The number of aromatic nitrogens is 2. The van der Waals surface area contributed by atoms with Crippen LogP contribution in [0.25, 0.3) is 10.9 Å². The minimum Gasteiger partial charge on any atom is -0.395 e. The highest BCUT2D eigenvalue weighted by atomic mass is 35.5. The molecule has 4 N–H and O–H groups in total. The molecule has 3 aromatic rings. The molecule has 0 fully saturated rings. The maximum absolute atomic E-state index is 11.2. The first-order valence-corrected chi connectivity index (χ1v) is 7.92. The number of hydrogen-bond acceptors (Lipinski definition) is 6. The van der Waals surface area contributed by atoms with Gasteiger partial charge in [0.25, 0.3) is 0 Å². The largest absolute Gasteiger partial charge is 0.395 e. The van der Waals surface area contributed by atoms with Crippen LogP contribution in [-0.4, -0.2) is 34.1 Å². The number of hydrogen-bond donors (Lipinski definition) is 4. The molecule has 0 aliphatic heterocycles. The second-order valence-electron chi connectivity index (χ2n) is 5.45. The molecule has 0 bridgehead atoms. The summed E-state index contributed by atoms with van der Waals surface area (Å²) in [6.07, 6.45) is 0. The number of benzene rings is 2. The van der Waals surface area contributed by atoms with Crippen LogP contribution < -0.4 is 16.0 Å². The molecule has 136 valence electrons. The Hall–Kier alpha value is -2.90. The maximum Gasteiger partial charge on any atom is 0.229 e. The minimum atomic E-state index is -0.130. The number of aliphatic hydroxyl groups is 1. The van der Waals surface area contributed by atoms with Crippen LogP contribution >= 0.6 is 12.4 Å². The van der Waals surface area contributed by atoms with Crippen LogP contribution in [0.15, 0.2) is 48.5 Å². The summed E-state index contributed by atoms with van der Waals surface area (Å²) in [7, 11) is 0. The van der Waals surface area contributed by atoms with Crippen LogP contribution in [0.2, 0.25) is 0 Å². The molecule has 0 atom stereocenters. The van der Waals surface area contributed by atoms with Crippen LogP contribution in [0.3, 0.4) is 0 Å². The lowest BCUT2D eigenvalue weighted by Gasteiger charge is -2.12. The molecule has 26 heavy (non-hydrogen) atoms. The number of nitrogens with zero attached hydrogens (tertiary/aromatic N) is 2. The van der Waals surface area contributed by atoms with Crippen molar-refractivity contribution in [1.82, 2.24) is 9.97 Å². The molecule has 8 heteroatoms. The molecule has 0 aliphatic rings. The number of amides is 1. The number of nitrogens with one attached hydrogen (secondary N) is 3. The van der Waals surface area contributed by atoms with Gasteiger partial charge in [-0.05, 0) is 30.3 Å². The van der Waals surface area contributed by atoms with Gasteiger partial charge in [-0.1, -0.05) is 18.2 Å². The van der Waals surface area contributed by atoms with E-state index < -0.39 is 0 Å². The van der Waals surface area contributed by atoms with E-state index in [-0.39, 0.29) is 24.9 Å². The van der Waals surface area contributed by atoms with E-state index in [4.69, 9.17) is 5.11 Å². The number of anilines is 4. The first-order valence-electron chi connectivity index (χ1n) is 7.92. The van der Waals surface area contributed by atoms with Gasteiger partial charge in [0.15, 0.2) is 0 Å². The summed E-state index contributed by atoms with van der Waals surface area (Å²) in [4.78, 5) is 20.2. The van der Waals surface area contributed by atoms with E-state index in [0.29, 0.717) is 24.0 Å². The Morgan fingerprint density at radius 3 is 2.62 bits per heavy atom. The highest BCUT2D eigenvalue weighted by molar-refractivity contribution is 5.91. The van der Waals surface area contributed by atoms with E-state index in [9.17, 15) is 4.79 Å². The van der Waals surface area contributed by atoms with Crippen LogP contribution in [0.4, 0.5) is 23.1 Å². The summed E-state index contributed by atoms with van der Waals surface area (Å²) < 4.78 is 0. The Bertz CT molecular complexity index is 904. The van der Waals surface area contributed by atoms with Crippen molar-refractivity contribution in [3.8, 4) is 0 Å². The second-order valence-corrected chi connectivity index (χ2v) is 5.45. The zero-order valence-corrected chi connectivity index (χ0v) is 15.0. The van der Waals surface area contributed by atoms with E-state index in [0.717, 1.165) is 16.6 Å². The first-order chi connectivity index (χ1) is 12.2. The van der Waals surface area contributed by atoms with Crippen molar-refractivity contribution in [3.05, 3.63) is 48.5 Å². The van der Waals surface area contributed by atoms with Gasteiger partial charge in [-0.25, -0.2) is 4.98 Å². The average molecular weight is 374 g/mol. The highest BCUT2D eigenvalue weighted by Crippen LogP contribution is 2.24. The van der Waals surface area contributed by atoms with Crippen LogP contribution in [0, 0.1) is 0 Å². The maximum atomic E-state index is 11.2. The SMILES string of the molecule is CC(=O)Nc1cccc(Nc2nc(NCCO)c3ccccc3n2)c1.Cl. The molecule has 0 saturated heterocycles. The Kier molecular flexibility index (Phi) is 6.71. The number of rotatable bonds is 6. The first kappa shape index (κ1) is 19.4. The minimum absolute atomic E-state index is 0. The average Bonchev–Trinajstić information content (AvgIpc) is 2.59. The fourth-order valence-corrected chi connectivity index (χ4v) is 2.45. The number of aliphatic hydroxyl groups excluding tert-OH is 1. The molecule has 0 aliphatic carbocycles. The predicted molar refractivity (Wildman–Crippen MR) is 106 cm³/mol. The summed E-state index contributed by atoms with van der Waals surface area (Å²) in [6, 6.07) is 15.0. The van der Waals surface area contributed by atoms with E-state index >= 15 is 0 Å². The summed E-state index contributed by atoms with van der Waals surface area (Å²) in [5.74, 6) is 0.953. The van der Waals surface area contributed by atoms with Crippen molar-refractivity contribution >= 4 is 52.4 Å². The Morgan fingerprint density at radius 2 is 1.85 bits per heavy atom. The lowest BCUT2D eigenvalue weighted by Crippen LogP contribution is -2.09. The van der Waals surface area contributed by atoms with E-state index in [1.165, 1.54) is 6.92 Å². The van der Waals surface area contributed by atoms with Gasteiger partial charge in [-0.3, -0.25) is 4.79 Å². The third-order valence-electron chi connectivity index (χ3n) is 3.45. The van der Waals surface area contributed by atoms with Crippen molar-refractivity contribution in [3.63, 3.8) is 0 Å². The van der Waals surface area contributed by atoms with Gasteiger partial charge in [0, 0.05) is 30.2 Å². The lowest BCUT2D eigenvalue weighted by atomic mass is 10.2. The summed E-state index contributed by atoms with van der Waals surface area (Å²) in [5.41, 5.74) is 2.24. The van der Waals surface area contributed by atoms with Crippen LogP contribution in [-0.2, 0) is 4.79 Å². The van der Waals surface area contributed by atoms with Gasteiger partial charge in [-0.2, -0.15) is 4.98 Å². The Balaban J connectivity index is 0.00000243. The predicted octanol–water partition coefficient (Wildman–Crippen LogP) is 3.16. The summed E-state index contributed by atoms with van der Waals surface area (Å²) in [5, 5.41) is 18.9. The summed E-state index contributed by atoms with van der Waals surface area (Å²) >= 11 is 0. The van der Waals surface area contributed by atoms with E-state index in [1.807, 2.05) is 42.5 Å². The third kappa shape index (κ3) is 4.81. The Morgan fingerprint density at radius 1 is 1.08 bits per heavy atom. The van der Waals surface area contributed by atoms with Gasteiger partial charge in [0.2, 0.25) is 11.9 Å². The molecule has 1 aromatic heterocycles. The second kappa shape index (κ2) is 8.98. The number of fused-ring (bicyclic) bond motifs is 1. The molecule has 1 heterocycles. The van der Waals surface area contributed by atoms with E-state index in [1.54, 1.807) is 6.07 Å². The van der Waals surface area contributed by atoms with E-state index in [2.05, 4.69) is 25.9 Å². The van der Waals surface area contributed by atoms with Crippen molar-refractivity contribution in [2.45, 2.75) is 6.92 Å². The summed E-state index contributed by atoms with van der Waals surface area (Å²) in [6.45, 7) is 1.88. The molecule has 1 amide bonds. The van der Waals surface area contributed by atoms with Crippen molar-refractivity contribution in [2.75, 3.05) is 29.1 Å². The van der Waals surface area contributed by atoms with Crippen LogP contribution in [0.5, 0.6) is 0 Å². The van der Waals surface area contributed by atoms with Gasteiger partial charge < -0.3 is 21.1 Å². The fraction of sp³-hybridized carbons (Fsp3) is 0.167. The van der Waals surface area contributed by atoms with Crippen molar-refractivity contribution in [1.29, 1.82) is 0 Å². The third-order valence-corrected chi connectivity index (χ3v) is 3.45. The van der Waals surface area contributed by atoms with Crippen LogP contribution in [0.1, 0.15) is 6.92 Å². The van der Waals surface area contributed by atoms with Gasteiger partial charge in [0.05, 0.1) is 12.1 Å². The van der Waals surface area contributed by atoms with Gasteiger partial charge >= 0.3 is 0 Å². The van der Waals surface area contributed by atoms with Crippen molar-refractivity contribution < 1.29 is 9.90 Å². The highest BCUT2D eigenvalue weighted by Gasteiger charge is 2.08. The number of para-hydroxylation sites is 1. The molecule has 0 radical (unpaired) electrons. The molecule has 3 rings (SSSR count). The number of carbonyl (C=O) groups excluding carboxylic acids is 1.